The van der Waals surface area contributed by atoms with Crippen LogP contribution in [0.5, 0.6) is 0 Å². The number of nitrogens with one attached hydrogen (secondary N) is 2. The van der Waals surface area contributed by atoms with E-state index in [0.29, 0.717) is 0 Å². The summed E-state index contributed by atoms with van der Waals surface area (Å²) in [6, 6.07) is 53.5. The standard InChI is InChI=1S/C20H14N4.2C13H9N/c1-2-14-10-16-5-6-18(23-16)12-20-8-7-19(24-20)11-17-4-3-15(22-17)9-13(1)21-14;2*1-3-7-12-10(5-1)9-11-6-2-4-8-13(11)14-12/h1-12,21-22H;2*1-9H. The van der Waals surface area contributed by atoms with E-state index in [2.05, 4.69) is 96.6 Å². The summed E-state index contributed by atoms with van der Waals surface area (Å²) in [5.74, 6) is 0. The van der Waals surface area contributed by atoms with Gasteiger partial charge in [-0.15, -0.1) is 0 Å². The molecule has 0 fully saturated rings. The molecule has 2 aliphatic heterocycles. The number of aromatic amines is 2. The van der Waals surface area contributed by atoms with E-state index < -0.39 is 0 Å². The zero-order chi connectivity index (χ0) is 34.7. The van der Waals surface area contributed by atoms with Crippen molar-refractivity contribution in [2.45, 2.75) is 0 Å². The number of H-pyrrole nitrogens is 2. The normalized spacial score (nSPS) is 11.7. The third-order valence-electron chi connectivity index (χ3n) is 8.89. The lowest BCUT2D eigenvalue weighted by Crippen LogP contribution is -1.80. The van der Waals surface area contributed by atoms with E-state index in [1.807, 2.05) is 115 Å². The summed E-state index contributed by atoms with van der Waals surface area (Å²) >= 11 is 0. The van der Waals surface area contributed by atoms with Gasteiger partial charge in [0.1, 0.15) is 0 Å². The van der Waals surface area contributed by atoms with Gasteiger partial charge in [-0.3, -0.25) is 0 Å². The summed E-state index contributed by atoms with van der Waals surface area (Å²) in [6.07, 6.45) is 8.05. The maximum atomic E-state index is 4.62. The van der Waals surface area contributed by atoms with Crippen LogP contribution in [0.25, 0.3) is 90.0 Å². The molecule has 4 aromatic carbocycles. The second kappa shape index (κ2) is 13.6. The summed E-state index contributed by atoms with van der Waals surface area (Å²) < 4.78 is 0. The molecule has 2 N–H and O–H groups in total. The second-order valence-electron chi connectivity index (χ2n) is 12.7. The molecule has 2 aliphatic rings. The molecule has 0 spiro atoms. The number of nitrogens with zero attached hydrogens (tertiary/aromatic N) is 4. The molecule has 11 rings (SSSR count). The van der Waals surface area contributed by atoms with Crippen LogP contribution in [-0.4, -0.2) is 29.9 Å². The molecule has 52 heavy (non-hydrogen) atoms. The van der Waals surface area contributed by atoms with Crippen LogP contribution in [0.15, 0.2) is 158 Å². The monoisotopic (exact) mass is 668 g/mol. The summed E-state index contributed by atoms with van der Waals surface area (Å²) in [5, 5.41) is 4.80. The van der Waals surface area contributed by atoms with E-state index in [4.69, 9.17) is 0 Å². The van der Waals surface area contributed by atoms with Gasteiger partial charge in [-0.25, -0.2) is 19.9 Å². The summed E-state index contributed by atoms with van der Waals surface area (Å²) in [7, 11) is 0. The average Bonchev–Trinajstić information content (AvgIpc) is 4.01. The molecule has 8 bridgehead atoms. The Morgan fingerprint density at radius 3 is 0.942 bits per heavy atom. The van der Waals surface area contributed by atoms with E-state index in [9.17, 15) is 0 Å². The van der Waals surface area contributed by atoms with E-state index in [0.717, 1.165) is 66.9 Å². The number of para-hydroxylation sites is 4. The van der Waals surface area contributed by atoms with Gasteiger partial charge in [-0.2, -0.15) is 0 Å². The fraction of sp³-hybridized carbons (Fsp3) is 0. The molecular weight excluding hydrogens is 637 g/mol. The molecule has 246 valence electrons. The minimum absolute atomic E-state index is 0.915. The third kappa shape index (κ3) is 6.82. The Morgan fingerprint density at radius 1 is 0.269 bits per heavy atom. The van der Waals surface area contributed by atoms with Crippen molar-refractivity contribution in [1.29, 1.82) is 0 Å². The van der Waals surface area contributed by atoms with Crippen LogP contribution in [0.4, 0.5) is 0 Å². The van der Waals surface area contributed by atoms with E-state index in [1.54, 1.807) is 0 Å². The van der Waals surface area contributed by atoms with Crippen LogP contribution >= 0.6 is 0 Å². The fourth-order valence-electron chi connectivity index (χ4n) is 6.38. The second-order valence-corrected chi connectivity index (χ2v) is 12.7. The van der Waals surface area contributed by atoms with Gasteiger partial charge in [0.15, 0.2) is 0 Å². The fourth-order valence-corrected chi connectivity index (χ4v) is 6.38. The highest BCUT2D eigenvalue weighted by atomic mass is 14.8. The van der Waals surface area contributed by atoms with Crippen molar-refractivity contribution in [3.63, 3.8) is 0 Å². The highest BCUT2D eigenvalue weighted by Crippen LogP contribution is 2.21. The zero-order valence-electron chi connectivity index (χ0n) is 28.1. The molecule has 9 aromatic rings. The highest BCUT2D eigenvalue weighted by molar-refractivity contribution is 5.93. The smallest absolute Gasteiger partial charge is 0.0709 e. The lowest BCUT2D eigenvalue weighted by Gasteiger charge is -1.99. The SMILES string of the molecule is C1=Cc2cc3ccc(cc4ccc(cc5nc(cc1n2)C=C5)[nH]4)[nH]3.c1ccc2nc3ccccc3cc2c1.c1ccc2nc3ccccc3cc2c1. The number of fused-ring (bicyclic) bond motifs is 12. The Kier molecular flexibility index (Phi) is 8.08. The number of aromatic nitrogens is 6. The quantitative estimate of drug-likeness (QED) is 0.158. The molecule has 7 heterocycles. The number of pyridine rings is 2. The maximum absolute atomic E-state index is 4.62. The third-order valence-corrected chi connectivity index (χ3v) is 8.89. The van der Waals surface area contributed by atoms with E-state index in [-0.39, 0.29) is 0 Å². The summed E-state index contributed by atoms with van der Waals surface area (Å²) in [5.41, 5.74) is 12.1. The molecule has 0 radical (unpaired) electrons. The Labute approximate surface area is 299 Å². The van der Waals surface area contributed by atoms with Gasteiger partial charge in [0.25, 0.3) is 0 Å². The van der Waals surface area contributed by atoms with E-state index >= 15 is 0 Å². The Hall–Kier alpha value is -7.18. The van der Waals surface area contributed by atoms with Crippen molar-refractivity contribution >= 4 is 90.0 Å². The molecule has 0 unspecified atom stereocenters. The molecule has 6 nitrogen and oxygen atoms in total. The van der Waals surface area contributed by atoms with Gasteiger partial charge < -0.3 is 9.97 Å². The first-order chi connectivity index (χ1) is 25.7. The van der Waals surface area contributed by atoms with E-state index in [1.165, 1.54) is 21.5 Å². The highest BCUT2D eigenvalue weighted by Gasteiger charge is 2.03. The average molecular weight is 669 g/mol. The van der Waals surface area contributed by atoms with Gasteiger partial charge >= 0.3 is 0 Å². The molecular formula is C46H32N6. The van der Waals surface area contributed by atoms with Crippen LogP contribution in [-0.2, 0) is 0 Å². The largest absolute Gasteiger partial charge is 0.355 e. The molecule has 0 atom stereocenters. The number of rotatable bonds is 0. The lowest BCUT2D eigenvalue weighted by molar-refractivity contribution is 1.28. The lowest BCUT2D eigenvalue weighted by atomic mass is 10.1. The Morgan fingerprint density at radius 2 is 0.577 bits per heavy atom. The minimum atomic E-state index is 0.915. The van der Waals surface area contributed by atoms with Crippen LogP contribution < -0.4 is 0 Å². The number of benzene rings is 4. The van der Waals surface area contributed by atoms with Crippen molar-refractivity contribution in [3.05, 3.63) is 181 Å². The maximum Gasteiger partial charge on any atom is 0.0709 e. The molecule has 0 saturated carbocycles. The predicted octanol–water partition coefficient (Wildman–Crippen LogP) is 11.4. The molecule has 5 aromatic heterocycles. The first-order valence-electron chi connectivity index (χ1n) is 17.2. The van der Waals surface area contributed by atoms with Crippen molar-refractivity contribution in [3.8, 4) is 0 Å². The topological polar surface area (TPSA) is 83.1 Å². The molecule has 6 heteroatoms. The predicted molar refractivity (Wildman–Crippen MR) is 217 cm³/mol. The van der Waals surface area contributed by atoms with Crippen LogP contribution in [0.3, 0.4) is 0 Å². The van der Waals surface area contributed by atoms with Crippen molar-refractivity contribution in [2.24, 2.45) is 0 Å². The van der Waals surface area contributed by atoms with Gasteiger partial charge in [0.05, 0.1) is 44.8 Å². The summed E-state index contributed by atoms with van der Waals surface area (Å²) in [6.45, 7) is 0. The molecule has 0 saturated heterocycles. The first kappa shape index (κ1) is 30.8. The van der Waals surface area contributed by atoms with Gasteiger partial charge in [0, 0.05) is 43.6 Å². The van der Waals surface area contributed by atoms with Gasteiger partial charge in [0.2, 0.25) is 0 Å². The summed E-state index contributed by atoms with van der Waals surface area (Å²) in [4.78, 5) is 25.2. The van der Waals surface area contributed by atoms with Crippen molar-refractivity contribution in [2.75, 3.05) is 0 Å². The molecule has 0 amide bonds. The number of hydrogen-bond acceptors (Lipinski definition) is 4. The first-order valence-corrected chi connectivity index (χ1v) is 17.2. The van der Waals surface area contributed by atoms with Crippen molar-refractivity contribution < 1.29 is 0 Å². The minimum Gasteiger partial charge on any atom is -0.355 e. The Balaban J connectivity index is 0.000000111. The Bertz CT molecular complexity index is 2580. The van der Waals surface area contributed by atoms with Crippen LogP contribution in [0.1, 0.15) is 22.8 Å². The van der Waals surface area contributed by atoms with Crippen LogP contribution in [0, 0.1) is 0 Å². The van der Waals surface area contributed by atoms with Crippen LogP contribution in [0.2, 0.25) is 0 Å². The zero-order valence-corrected chi connectivity index (χ0v) is 28.1. The molecule has 0 aliphatic carbocycles. The van der Waals surface area contributed by atoms with Crippen molar-refractivity contribution in [1.82, 2.24) is 29.9 Å². The van der Waals surface area contributed by atoms with Gasteiger partial charge in [-0.05, 0) is 109 Å². The number of hydrogen-bond donors (Lipinski definition) is 2. The van der Waals surface area contributed by atoms with Gasteiger partial charge in [-0.1, -0.05) is 72.8 Å².